The highest BCUT2D eigenvalue weighted by atomic mass is 32.1. The number of carboxylic acid groups (broad SMARTS) is 1. The number of unbranched alkanes of at least 4 members (excludes halogenated alkanes) is 5. The second-order valence-corrected chi connectivity index (χ2v) is 4.95. The van der Waals surface area contributed by atoms with Crippen LogP contribution in [0.1, 0.15) is 49.8 Å². The molecule has 0 aromatic carbocycles. The van der Waals surface area contributed by atoms with Crippen LogP contribution < -0.4 is 0 Å². The Balaban J connectivity index is 1.83. The first kappa shape index (κ1) is 13.2. The van der Waals surface area contributed by atoms with Crippen LogP contribution in [0.3, 0.4) is 0 Å². The molecule has 1 aromatic heterocycles. The van der Waals surface area contributed by atoms with Gasteiger partial charge in [-0.25, -0.2) is 0 Å². The minimum atomic E-state index is -0.676. The van der Waals surface area contributed by atoms with Gasteiger partial charge in [-0.2, -0.15) is 0 Å². The second-order valence-electron chi connectivity index (χ2n) is 3.98. The van der Waals surface area contributed by atoms with Gasteiger partial charge in [0.05, 0.1) is 5.51 Å². The number of carboxylic acids is 1. The van der Waals surface area contributed by atoms with Gasteiger partial charge < -0.3 is 5.11 Å². The Kier molecular flexibility index (Phi) is 6.81. The van der Waals surface area contributed by atoms with Crippen LogP contribution in [0.4, 0.5) is 0 Å². The monoisotopic (exact) mass is 241 g/mol. The Morgan fingerprint density at radius 2 is 1.88 bits per heavy atom. The van der Waals surface area contributed by atoms with Gasteiger partial charge in [0, 0.05) is 17.5 Å². The molecular weight excluding hydrogens is 222 g/mol. The first-order chi connectivity index (χ1) is 7.79. The van der Waals surface area contributed by atoms with Crippen molar-refractivity contribution in [3.63, 3.8) is 0 Å². The molecular formula is C12H19NO2S. The van der Waals surface area contributed by atoms with Crippen LogP contribution in [0, 0.1) is 0 Å². The van der Waals surface area contributed by atoms with Crippen molar-refractivity contribution in [2.45, 2.75) is 51.4 Å². The summed E-state index contributed by atoms with van der Waals surface area (Å²) in [5.74, 6) is -0.676. The van der Waals surface area contributed by atoms with Crippen molar-refractivity contribution in [2.24, 2.45) is 0 Å². The second kappa shape index (κ2) is 8.28. The fraction of sp³-hybridized carbons (Fsp3) is 0.667. The summed E-state index contributed by atoms with van der Waals surface area (Å²) in [7, 11) is 0. The van der Waals surface area contributed by atoms with Gasteiger partial charge in [0.2, 0.25) is 0 Å². The number of aromatic nitrogens is 1. The standard InChI is InChI=1S/C12H19NO2S/c14-12(15)8-6-4-2-1-3-5-7-11-9-13-10-16-11/h9-10H,1-8H2,(H,14,15). The summed E-state index contributed by atoms with van der Waals surface area (Å²) >= 11 is 1.72. The number of thiazole rings is 1. The smallest absolute Gasteiger partial charge is 0.303 e. The fourth-order valence-corrected chi connectivity index (χ4v) is 2.29. The predicted octanol–water partition coefficient (Wildman–Crippen LogP) is 3.50. The summed E-state index contributed by atoms with van der Waals surface area (Å²) in [6, 6.07) is 0. The molecule has 0 unspecified atom stereocenters. The van der Waals surface area contributed by atoms with Gasteiger partial charge in [-0.05, 0) is 19.3 Å². The molecule has 90 valence electrons. The Morgan fingerprint density at radius 1 is 1.19 bits per heavy atom. The molecule has 0 aliphatic carbocycles. The SMILES string of the molecule is O=C(O)CCCCCCCCc1cncs1. The molecule has 3 nitrogen and oxygen atoms in total. The highest BCUT2D eigenvalue weighted by molar-refractivity contribution is 7.09. The van der Waals surface area contributed by atoms with E-state index in [0.29, 0.717) is 6.42 Å². The number of nitrogens with zero attached hydrogens (tertiary/aromatic N) is 1. The van der Waals surface area contributed by atoms with Crippen molar-refractivity contribution in [3.8, 4) is 0 Å². The van der Waals surface area contributed by atoms with Crippen LogP contribution >= 0.6 is 11.3 Å². The quantitative estimate of drug-likeness (QED) is 0.673. The molecule has 0 fully saturated rings. The number of hydrogen-bond acceptors (Lipinski definition) is 3. The van der Waals surface area contributed by atoms with Gasteiger partial charge >= 0.3 is 5.97 Å². The van der Waals surface area contributed by atoms with Crippen molar-refractivity contribution in [3.05, 3.63) is 16.6 Å². The Morgan fingerprint density at radius 3 is 2.50 bits per heavy atom. The van der Waals surface area contributed by atoms with Crippen molar-refractivity contribution in [2.75, 3.05) is 0 Å². The molecule has 1 N–H and O–H groups in total. The average molecular weight is 241 g/mol. The third-order valence-electron chi connectivity index (χ3n) is 2.55. The molecule has 0 atom stereocenters. The number of aryl methyl sites for hydroxylation is 1. The Labute approximate surface area is 101 Å². The van der Waals surface area contributed by atoms with Gasteiger partial charge in [-0.15, -0.1) is 11.3 Å². The summed E-state index contributed by atoms with van der Waals surface area (Å²) in [6.07, 6.45) is 10.1. The molecule has 0 spiro atoms. The van der Waals surface area contributed by atoms with Crippen LogP contribution in [0.5, 0.6) is 0 Å². The normalized spacial score (nSPS) is 10.5. The zero-order chi connectivity index (χ0) is 11.6. The van der Waals surface area contributed by atoms with E-state index >= 15 is 0 Å². The molecule has 0 aliphatic heterocycles. The maximum Gasteiger partial charge on any atom is 0.303 e. The van der Waals surface area contributed by atoms with E-state index in [2.05, 4.69) is 4.98 Å². The fourth-order valence-electron chi connectivity index (χ4n) is 1.65. The Bertz CT molecular complexity index is 285. The van der Waals surface area contributed by atoms with Crippen molar-refractivity contribution >= 4 is 17.3 Å². The van der Waals surface area contributed by atoms with Gasteiger partial charge in [-0.1, -0.05) is 25.7 Å². The summed E-state index contributed by atoms with van der Waals surface area (Å²) < 4.78 is 0. The number of rotatable bonds is 9. The molecule has 1 aromatic rings. The zero-order valence-corrected chi connectivity index (χ0v) is 10.3. The molecule has 0 radical (unpaired) electrons. The number of hydrogen-bond donors (Lipinski definition) is 1. The van der Waals surface area contributed by atoms with E-state index in [-0.39, 0.29) is 0 Å². The molecule has 0 saturated carbocycles. The summed E-state index contributed by atoms with van der Waals surface area (Å²) in [5.41, 5.74) is 1.88. The Hall–Kier alpha value is -0.900. The molecule has 4 heteroatoms. The van der Waals surface area contributed by atoms with E-state index in [1.807, 2.05) is 11.7 Å². The average Bonchev–Trinajstić information content (AvgIpc) is 2.74. The lowest BCUT2D eigenvalue weighted by Crippen LogP contribution is -1.93. The molecule has 16 heavy (non-hydrogen) atoms. The first-order valence-corrected chi connectivity index (χ1v) is 6.76. The highest BCUT2D eigenvalue weighted by Crippen LogP contribution is 2.12. The third-order valence-corrected chi connectivity index (χ3v) is 3.39. The van der Waals surface area contributed by atoms with E-state index in [1.165, 1.54) is 24.1 Å². The van der Waals surface area contributed by atoms with Crippen LogP contribution in [-0.2, 0) is 11.2 Å². The van der Waals surface area contributed by atoms with E-state index in [0.717, 1.165) is 25.7 Å². The van der Waals surface area contributed by atoms with Crippen LogP contribution in [0.15, 0.2) is 11.7 Å². The first-order valence-electron chi connectivity index (χ1n) is 5.88. The molecule has 0 amide bonds. The molecule has 1 rings (SSSR count). The zero-order valence-electron chi connectivity index (χ0n) is 9.52. The summed E-state index contributed by atoms with van der Waals surface area (Å²) in [6.45, 7) is 0. The number of carbonyl (C=O) groups is 1. The van der Waals surface area contributed by atoms with E-state index in [1.54, 1.807) is 11.3 Å². The predicted molar refractivity (Wildman–Crippen MR) is 65.8 cm³/mol. The molecule has 0 saturated heterocycles. The summed E-state index contributed by atoms with van der Waals surface area (Å²) in [5, 5.41) is 8.46. The maximum atomic E-state index is 10.3. The lowest BCUT2D eigenvalue weighted by molar-refractivity contribution is -0.137. The van der Waals surface area contributed by atoms with Gasteiger partial charge in [-0.3, -0.25) is 9.78 Å². The minimum absolute atomic E-state index is 0.320. The molecule has 0 bridgehead atoms. The van der Waals surface area contributed by atoms with E-state index < -0.39 is 5.97 Å². The van der Waals surface area contributed by atoms with E-state index in [4.69, 9.17) is 5.11 Å². The van der Waals surface area contributed by atoms with Crippen molar-refractivity contribution in [1.29, 1.82) is 0 Å². The van der Waals surface area contributed by atoms with Crippen molar-refractivity contribution < 1.29 is 9.90 Å². The lowest BCUT2D eigenvalue weighted by atomic mass is 10.1. The molecule has 0 aliphatic rings. The third kappa shape index (κ3) is 6.56. The van der Waals surface area contributed by atoms with E-state index in [9.17, 15) is 4.79 Å². The largest absolute Gasteiger partial charge is 0.481 e. The van der Waals surface area contributed by atoms with Gasteiger partial charge in [0.25, 0.3) is 0 Å². The summed E-state index contributed by atoms with van der Waals surface area (Å²) in [4.78, 5) is 15.7. The maximum absolute atomic E-state index is 10.3. The van der Waals surface area contributed by atoms with Crippen LogP contribution in [-0.4, -0.2) is 16.1 Å². The topological polar surface area (TPSA) is 50.2 Å². The van der Waals surface area contributed by atoms with Gasteiger partial charge in [0.15, 0.2) is 0 Å². The van der Waals surface area contributed by atoms with Crippen LogP contribution in [0.2, 0.25) is 0 Å². The number of aliphatic carboxylic acids is 1. The minimum Gasteiger partial charge on any atom is -0.481 e. The van der Waals surface area contributed by atoms with Gasteiger partial charge in [0.1, 0.15) is 0 Å². The lowest BCUT2D eigenvalue weighted by Gasteiger charge is -1.99. The van der Waals surface area contributed by atoms with Crippen molar-refractivity contribution in [1.82, 2.24) is 4.98 Å². The highest BCUT2D eigenvalue weighted by Gasteiger charge is 1.97. The van der Waals surface area contributed by atoms with Crippen LogP contribution in [0.25, 0.3) is 0 Å². The molecule has 1 heterocycles.